The van der Waals surface area contributed by atoms with E-state index >= 15 is 0 Å². The monoisotopic (exact) mass is 347 g/mol. The van der Waals surface area contributed by atoms with Crippen LogP contribution in [0.15, 0.2) is 0 Å². The minimum Gasteiger partial charge on any atom is -0.377 e. The van der Waals surface area contributed by atoms with Crippen molar-refractivity contribution < 1.29 is 22.8 Å². The van der Waals surface area contributed by atoms with Crippen molar-refractivity contribution in [1.82, 2.24) is 4.90 Å². The van der Waals surface area contributed by atoms with Crippen LogP contribution in [-0.4, -0.2) is 80.1 Å². The molecule has 0 amide bonds. The van der Waals surface area contributed by atoms with Gasteiger partial charge in [-0.05, 0) is 38.6 Å². The van der Waals surface area contributed by atoms with Crippen LogP contribution >= 0.6 is 0 Å². The summed E-state index contributed by atoms with van der Waals surface area (Å²) in [7, 11) is 2.57. The molecule has 0 aliphatic carbocycles. The van der Waals surface area contributed by atoms with Gasteiger partial charge in [-0.2, -0.15) is 0 Å². The fourth-order valence-corrected chi connectivity index (χ4v) is 5.19. The average Bonchev–Trinajstić information content (AvgIpc) is 3.26. The number of nitrogens with zero attached hydrogens (tertiary/aromatic N) is 1. The third-order valence-corrected chi connectivity index (χ3v) is 7.69. The molecular weight excluding hydrogens is 314 g/mol. The molecule has 0 N–H and O–H groups in total. The van der Waals surface area contributed by atoms with Crippen LogP contribution in [0.5, 0.6) is 0 Å². The molecular formula is C16H33NO5Si. The zero-order valence-electron chi connectivity index (χ0n) is 14.9. The Morgan fingerprint density at radius 1 is 0.913 bits per heavy atom. The second-order valence-corrected chi connectivity index (χ2v) is 9.52. The Labute approximate surface area is 141 Å². The van der Waals surface area contributed by atoms with E-state index in [2.05, 4.69) is 4.90 Å². The summed E-state index contributed by atoms with van der Waals surface area (Å²) in [6.45, 7) is 4.82. The maximum Gasteiger partial charge on any atom is 0.500 e. The summed E-state index contributed by atoms with van der Waals surface area (Å²) < 4.78 is 28.2. The van der Waals surface area contributed by atoms with Crippen molar-refractivity contribution in [2.75, 3.05) is 54.2 Å². The van der Waals surface area contributed by atoms with Gasteiger partial charge >= 0.3 is 8.80 Å². The van der Waals surface area contributed by atoms with E-state index in [1.165, 1.54) is 25.7 Å². The first-order valence-corrected chi connectivity index (χ1v) is 10.8. The molecule has 0 aromatic rings. The zero-order valence-corrected chi connectivity index (χ0v) is 15.9. The van der Waals surface area contributed by atoms with E-state index in [0.29, 0.717) is 12.2 Å². The molecule has 0 aromatic carbocycles. The molecule has 2 saturated heterocycles. The van der Waals surface area contributed by atoms with Crippen molar-refractivity contribution in [2.24, 2.45) is 0 Å². The lowest BCUT2D eigenvalue weighted by atomic mass is 10.2. The smallest absolute Gasteiger partial charge is 0.377 e. The molecule has 6 nitrogen and oxygen atoms in total. The second-order valence-electron chi connectivity index (χ2n) is 6.43. The van der Waals surface area contributed by atoms with Gasteiger partial charge in [-0.25, -0.2) is 0 Å². The highest BCUT2D eigenvalue weighted by atomic mass is 28.4. The van der Waals surface area contributed by atoms with Crippen molar-refractivity contribution in [1.29, 1.82) is 0 Å². The lowest BCUT2D eigenvalue weighted by Gasteiger charge is -2.29. The van der Waals surface area contributed by atoms with Gasteiger partial charge in [0.1, 0.15) is 0 Å². The standard InChI is InChI=1S/C16H33NO5Si/c1-18-23(19-2,20-3)12-6-9-17(13-15-7-4-10-21-15)14-16-8-5-11-22-16/h15-16H,4-14H2,1-3H3. The summed E-state index contributed by atoms with van der Waals surface area (Å²) in [6.07, 6.45) is 6.48. The Morgan fingerprint density at radius 2 is 1.43 bits per heavy atom. The summed E-state index contributed by atoms with van der Waals surface area (Å²) in [5, 5.41) is 0. The molecule has 2 heterocycles. The molecule has 0 saturated carbocycles. The van der Waals surface area contributed by atoms with E-state index in [-0.39, 0.29) is 0 Å². The van der Waals surface area contributed by atoms with E-state index in [1.54, 1.807) is 21.3 Å². The van der Waals surface area contributed by atoms with Crippen LogP contribution in [0.1, 0.15) is 32.1 Å². The van der Waals surface area contributed by atoms with Gasteiger partial charge in [-0.15, -0.1) is 0 Å². The van der Waals surface area contributed by atoms with Gasteiger partial charge in [-0.3, -0.25) is 4.90 Å². The first-order chi connectivity index (χ1) is 11.2. The molecule has 136 valence electrons. The highest BCUT2D eigenvalue weighted by Crippen LogP contribution is 2.19. The number of ether oxygens (including phenoxy) is 2. The Hall–Kier alpha value is -0.0231. The molecule has 0 bridgehead atoms. The Morgan fingerprint density at radius 3 is 1.83 bits per heavy atom. The van der Waals surface area contributed by atoms with Gasteiger partial charge in [0.2, 0.25) is 0 Å². The van der Waals surface area contributed by atoms with Crippen LogP contribution in [0.3, 0.4) is 0 Å². The fraction of sp³-hybridized carbons (Fsp3) is 1.00. The maximum absolute atomic E-state index is 5.81. The molecule has 2 aliphatic rings. The normalized spacial score (nSPS) is 25.6. The van der Waals surface area contributed by atoms with Crippen molar-refractivity contribution in [3.8, 4) is 0 Å². The van der Waals surface area contributed by atoms with Crippen molar-refractivity contribution in [3.63, 3.8) is 0 Å². The van der Waals surface area contributed by atoms with E-state index < -0.39 is 8.80 Å². The first kappa shape index (κ1) is 19.3. The number of rotatable bonds is 11. The van der Waals surface area contributed by atoms with Gasteiger partial charge in [0.15, 0.2) is 0 Å². The fourth-order valence-electron chi connectivity index (χ4n) is 3.49. The summed E-state index contributed by atoms with van der Waals surface area (Å²) >= 11 is 0. The van der Waals surface area contributed by atoms with Crippen LogP contribution in [0.25, 0.3) is 0 Å². The Balaban J connectivity index is 1.80. The van der Waals surface area contributed by atoms with Crippen molar-refractivity contribution in [3.05, 3.63) is 0 Å². The largest absolute Gasteiger partial charge is 0.500 e. The van der Waals surface area contributed by atoms with Crippen LogP contribution in [0.4, 0.5) is 0 Å². The Bertz CT molecular complexity index is 291. The molecule has 2 atom stereocenters. The highest BCUT2D eigenvalue weighted by molar-refractivity contribution is 6.60. The number of hydrogen-bond donors (Lipinski definition) is 0. The van der Waals surface area contributed by atoms with Gasteiger partial charge in [-0.1, -0.05) is 0 Å². The predicted octanol–water partition coefficient (Wildman–Crippen LogP) is 1.91. The quantitative estimate of drug-likeness (QED) is 0.532. The van der Waals surface area contributed by atoms with Crippen LogP contribution < -0.4 is 0 Å². The molecule has 7 heteroatoms. The highest BCUT2D eigenvalue weighted by Gasteiger charge is 2.37. The molecule has 2 aliphatic heterocycles. The lowest BCUT2D eigenvalue weighted by Crippen LogP contribution is -2.44. The second kappa shape index (κ2) is 10.1. The molecule has 0 radical (unpaired) electrons. The van der Waals surface area contributed by atoms with Crippen LogP contribution in [0, 0.1) is 0 Å². The van der Waals surface area contributed by atoms with Crippen molar-refractivity contribution in [2.45, 2.75) is 50.4 Å². The Kier molecular flexibility index (Phi) is 8.46. The molecule has 0 spiro atoms. The third-order valence-electron chi connectivity index (χ3n) is 4.86. The van der Waals surface area contributed by atoms with E-state index in [1.807, 2.05) is 0 Å². The van der Waals surface area contributed by atoms with E-state index in [9.17, 15) is 0 Å². The molecule has 2 fully saturated rings. The summed E-state index contributed by atoms with van der Waals surface area (Å²) in [6, 6.07) is 0.837. The topological polar surface area (TPSA) is 49.4 Å². The summed E-state index contributed by atoms with van der Waals surface area (Å²) in [5.74, 6) is 0. The van der Waals surface area contributed by atoms with Gasteiger partial charge in [0.25, 0.3) is 0 Å². The van der Waals surface area contributed by atoms with Gasteiger partial charge in [0, 0.05) is 53.7 Å². The predicted molar refractivity (Wildman–Crippen MR) is 90.6 cm³/mol. The average molecular weight is 348 g/mol. The summed E-state index contributed by atoms with van der Waals surface area (Å²) in [5.41, 5.74) is 0. The van der Waals surface area contributed by atoms with Crippen molar-refractivity contribution >= 4 is 8.80 Å². The van der Waals surface area contributed by atoms with Gasteiger partial charge in [0.05, 0.1) is 12.2 Å². The van der Waals surface area contributed by atoms with E-state index in [0.717, 1.165) is 45.3 Å². The zero-order chi connectivity index (χ0) is 16.5. The summed E-state index contributed by atoms with van der Waals surface area (Å²) in [4.78, 5) is 2.49. The molecule has 0 aromatic heterocycles. The molecule has 2 rings (SSSR count). The van der Waals surface area contributed by atoms with E-state index in [4.69, 9.17) is 22.8 Å². The minimum atomic E-state index is -2.46. The third kappa shape index (κ3) is 6.08. The van der Waals surface area contributed by atoms with Crippen LogP contribution in [0.2, 0.25) is 6.04 Å². The maximum atomic E-state index is 5.81. The first-order valence-electron chi connectivity index (χ1n) is 8.82. The van der Waals surface area contributed by atoms with Crippen LogP contribution in [-0.2, 0) is 22.8 Å². The minimum absolute atomic E-state index is 0.380. The van der Waals surface area contributed by atoms with Gasteiger partial charge < -0.3 is 22.8 Å². The SMILES string of the molecule is CO[Si](CCCN(CC1CCCO1)CC1CCCO1)(OC)OC. The number of hydrogen-bond acceptors (Lipinski definition) is 6. The molecule has 2 unspecified atom stereocenters. The lowest BCUT2D eigenvalue weighted by molar-refractivity contribution is 0.0369. The molecule has 23 heavy (non-hydrogen) atoms.